The Kier molecular flexibility index (Phi) is 6.48. The van der Waals surface area contributed by atoms with Crippen LogP contribution in [-0.4, -0.2) is 43.0 Å². The second-order valence-electron chi connectivity index (χ2n) is 4.34. The molecule has 0 aliphatic rings. The molecule has 1 aromatic carbocycles. The molecule has 110 valence electrons. The minimum absolute atomic E-state index is 0.0326. The zero-order chi connectivity index (χ0) is 15.0. The number of hydrogen-bond acceptors (Lipinski definition) is 5. The van der Waals surface area contributed by atoms with Gasteiger partial charge in [-0.2, -0.15) is 0 Å². The largest absolute Gasteiger partial charge is 0.492 e. The summed E-state index contributed by atoms with van der Waals surface area (Å²) in [7, 11) is 0. The Balaban J connectivity index is 2.46. The van der Waals surface area contributed by atoms with E-state index in [-0.39, 0.29) is 13.1 Å². The van der Waals surface area contributed by atoms with E-state index in [1.165, 1.54) is 4.90 Å². The quantitative estimate of drug-likeness (QED) is 0.524. The van der Waals surface area contributed by atoms with Crippen molar-refractivity contribution in [1.29, 1.82) is 0 Å². The first-order valence-electron chi connectivity index (χ1n) is 6.22. The van der Waals surface area contributed by atoms with Crippen molar-refractivity contribution in [3.05, 3.63) is 29.8 Å². The molecule has 0 saturated heterocycles. The molecule has 0 fully saturated rings. The lowest BCUT2D eigenvalue weighted by molar-refractivity contribution is -0.122. The van der Waals surface area contributed by atoms with Crippen LogP contribution in [0.4, 0.5) is 0 Å². The van der Waals surface area contributed by atoms with Crippen LogP contribution in [0.15, 0.2) is 24.3 Å². The molecule has 1 rings (SSSR count). The topological polar surface area (TPSA) is 125 Å². The Morgan fingerprint density at radius 2 is 1.80 bits per heavy atom. The summed E-state index contributed by atoms with van der Waals surface area (Å²) in [6.07, 6.45) is 0. The number of carbonyl (C=O) groups excluding carboxylic acids is 2. The SMILES string of the molecule is NCc1cccc(OCCN(CC(N)=O)CC(N)=O)c1. The van der Waals surface area contributed by atoms with Crippen LogP contribution < -0.4 is 21.9 Å². The number of rotatable bonds is 9. The van der Waals surface area contributed by atoms with E-state index in [2.05, 4.69) is 0 Å². The molecule has 0 spiro atoms. The lowest BCUT2D eigenvalue weighted by Crippen LogP contribution is -2.41. The van der Waals surface area contributed by atoms with E-state index in [0.29, 0.717) is 25.4 Å². The summed E-state index contributed by atoms with van der Waals surface area (Å²) >= 11 is 0. The highest BCUT2D eigenvalue weighted by molar-refractivity contribution is 5.79. The first-order chi connectivity index (χ1) is 9.51. The van der Waals surface area contributed by atoms with Crippen LogP contribution in [-0.2, 0) is 16.1 Å². The lowest BCUT2D eigenvalue weighted by atomic mass is 10.2. The summed E-state index contributed by atoms with van der Waals surface area (Å²) in [5.74, 6) is -0.348. The normalized spacial score (nSPS) is 10.5. The second-order valence-corrected chi connectivity index (χ2v) is 4.34. The third kappa shape index (κ3) is 6.17. The van der Waals surface area contributed by atoms with Crippen molar-refractivity contribution in [2.75, 3.05) is 26.2 Å². The predicted molar refractivity (Wildman–Crippen MR) is 74.7 cm³/mol. The second kappa shape index (κ2) is 8.13. The van der Waals surface area contributed by atoms with Gasteiger partial charge in [0, 0.05) is 13.1 Å². The Labute approximate surface area is 117 Å². The lowest BCUT2D eigenvalue weighted by Gasteiger charge is -2.19. The molecule has 0 aromatic heterocycles. The standard InChI is InChI=1S/C13H20N4O3/c14-7-10-2-1-3-11(6-10)20-5-4-17(8-12(15)18)9-13(16)19/h1-3,6H,4-5,7-9,14H2,(H2,15,18)(H2,16,19). The van der Waals surface area contributed by atoms with Gasteiger partial charge in [-0.25, -0.2) is 0 Å². The van der Waals surface area contributed by atoms with Gasteiger partial charge in [-0.05, 0) is 17.7 Å². The molecule has 0 heterocycles. The molecule has 0 radical (unpaired) electrons. The molecule has 2 amide bonds. The van der Waals surface area contributed by atoms with Gasteiger partial charge in [0.15, 0.2) is 0 Å². The van der Waals surface area contributed by atoms with Crippen molar-refractivity contribution in [3.63, 3.8) is 0 Å². The molecule has 7 heteroatoms. The monoisotopic (exact) mass is 280 g/mol. The van der Waals surface area contributed by atoms with E-state index in [9.17, 15) is 9.59 Å². The summed E-state index contributed by atoms with van der Waals surface area (Å²) in [5, 5.41) is 0. The number of hydrogen-bond donors (Lipinski definition) is 3. The maximum atomic E-state index is 10.9. The minimum atomic E-state index is -0.517. The van der Waals surface area contributed by atoms with Gasteiger partial charge >= 0.3 is 0 Å². The molecule has 0 bridgehead atoms. The summed E-state index contributed by atoms with van der Waals surface area (Å²) in [6.45, 7) is 1.06. The fourth-order valence-electron chi connectivity index (χ4n) is 1.71. The zero-order valence-electron chi connectivity index (χ0n) is 11.2. The number of carbonyl (C=O) groups is 2. The Hall–Kier alpha value is -2.12. The van der Waals surface area contributed by atoms with Gasteiger partial charge in [-0.3, -0.25) is 14.5 Å². The van der Waals surface area contributed by atoms with E-state index in [4.69, 9.17) is 21.9 Å². The molecular formula is C13H20N4O3. The predicted octanol–water partition coefficient (Wildman–Crippen LogP) is -1.20. The van der Waals surface area contributed by atoms with Crippen molar-refractivity contribution >= 4 is 11.8 Å². The highest BCUT2D eigenvalue weighted by Gasteiger charge is 2.11. The van der Waals surface area contributed by atoms with Crippen LogP contribution in [0, 0.1) is 0 Å². The van der Waals surface area contributed by atoms with Gasteiger partial charge in [-0.15, -0.1) is 0 Å². The van der Waals surface area contributed by atoms with Crippen LogP contribution >= 0.6 is 0 Å². The molecule has 1 aromatic rings. The average Bonchev–Trinajstić information content (AvgIpc) is 2.37. The number of nitrogens with zero attached hydrogens (tertiary/aromatic N) is 1. The molecule has 0 saturated carbocycles. The molecule has 20 heavy (non-hydrogen) atoms. The van der Waals surface area contributed by atoms with Crippen molar-refractivity contribution in [2.45, 2.75) is 6.54 Å². The molecular weight excluding hydrogens is 260 g/mol. The van der Waals surface area contributed by atoms with E-state index in [1.54, 1.807) is 0 Å². The Bertz CT molecular complexity index is 449. The van der Waals surface area contributed by atoms with Crippen molar-refractivity contribution in [3.8, 4) is 5.75 Å². The van der Waals surface area contributed by atoms with E-state index in [0.717, 1.165) is 5.56 Å². The van der Waals surface area contributed by atoms with E-state index < -0.39 is 11.8 Å². The fraction of sp³-hybridized carbons (Fsp3) is 0.385. The zero-order valence-corrected chi connectivity index (χ0v) is 11.2. The summed E-state index contributed by atoms with van der Waals surface area (Å²) in [5.41, 5.74) is 16.7. The summed E-state index contributed by atoms with van der Waals surface area (Å²) in [6, 6.07) is 7.40. The van der Waals surface area contributed by atoms with Crippen molar-refractivity contribution in [1.82, 2.24) is 4.90 Å². The molecule has 0 aliphatic carbocycles. The van der Waals surface area contributed by atoms with Crippen LogP contribution in [0.2, 0.25) is 0 Å². The maximum absolute atomic E-state index is 10.9. The van der Waals surface area contributed by atoms with Crippen LogP contribution in [0.25, 0.3) is 0 Å². The highest BCUT2D eigenvalue weighted by atomic mass is 16.5. The first-order valence-corrected chi connectivity index (χ1v) is 6.22. The highest BCUT2D eigenvalue weighted by Crippen LogP contribution is 2.12. The molecule has 6 N–H and O–H groups in total. The van der Waals surface area contributed by atoms with Gasteiger partial charge in [-0.1, -0.05) is 12.1 Å². The third-order valence-corrected chi connectivity index (χ3v) is 2.57. The van der Waals surface area contributed by atoms with E-state index in [1.807, 2.05) is 24.3 Å². The van der Waals surface area contributed by atoms with E-state index >= 15 is 0 Å². The van der Waals surface area contributed by atoms with Crippen LogP contribution in [0.3, 0.4) is 0 Å². The van der Waals surface area contributed by atoms with Gasteiger partial charge in [0.2, 0.25) is 11.8 Å². The average molecular weight is 280 g/mol. The van der Waals surface area contributed by atoms with Crippen molar-refractivity contribution in [2.24, 2.45) is 17.2 Å². The number of ether oxygens (including phenoxy) is 1. The number of benzene rings is 1. The first kappa shape index (κ1) is 15.9. The van der Waals surface area contributed by atoms with Gasteiger partial charge in [0.1, 0.15) is 12.4 Å². The van der Waals surface area contributed by atoms with Gasteiger partial charge in [0.05, 0.1) is 13.1 Å². The molecule has 0 atom stereocenters. The smallest absolute Gasteiger partial charge is 0.231 e. The van der Waals surface area contributed by atoms with Gasteiger partial charge in [0.25, 0.3) is 0 Å². The fourth-order valence-corrected chi connectivity index (χ4v) is 1.71. The third-order valence-electron chi connectivity index (χ3n) is 2.57. The summed E-state index contributed by atoms with van der Waals surface area (Å²) in [4.78, 5) is 23.3. The Morgan fingerprint density at radius 1 is 1.15 bits per heavy atom. The van der Waals surface area contributed by atoms with Gasteiger partial charge < -0.3 is 21.9 Å². The molecule has 7 nitrogen and oxygen atoms in total. The number of amides is 2. The molecule has 0 aliphatic heterocycles. The van der Waals surface area contributed by atoms with Crippen molar-refractivity contribution < 1.29 is 14.3 Å². The van der Waals surface area contributed by atoms with Crippen LogP contribution in [0.5, 0.6) is 5.75 Å². The minimum Gasteiger partial charge on any atom is -0.492 e. The summed E-state index contributed by atoms with van der Waals surface area (Å²) < 4.78 is 5.54. The van der Waals surface area contributed by atoms with Crippen LogP contribution in [0.1, 0.15) is 5.56 Å². The molecule has 0 unspecified atom stereocenters. The number of primary amides is 2. The Morgan fingerprint density at radius 3 is 2.35 bits per heavy atom. The maximum Gasteiger partial charge on any atom is 0.231 e. The number of nitrogens with two attached hydrogens (primary N) is 3.